The monoisotopic (exact) mass is 202 g/mol. The van der Waals surface area contributed by atoms with E-state index in [1.54, 1.807) is 12.0 Å². The van der Waals surface area contributed by atoms with Gasteiger partial charge in [-0.3, -0.25) is 4.79 Å². The number of hydrogen-bond acceptors (Lipinski definition) is 3. The molecule has 0 heterocycles. The van der Waals surface area contributed by atoms with Crippen LogP contribution in [0.5, 0.6) is 0 Å². The van der Waals surface area contributed by atoms with E-state index in [-0.39, 0.29) is 11.8 Å². The van der Waals surface area contributed by atoms with E-state index in [4.69, 9.17) is 4.74 Å². The maximum Gasteiger partial charge on any atom is 0.226 e. The average molecular weight is 202 g/mol. The molecule has 0 aliphatic carbocycles. The predicted molar refractivity (Wildman–Crippen MR) is 57.2 cm³/mol. The standard InChI is InChI=1S/C10H22N2O2/c1-9(8-11-2)10(13)12(3)6-5-7-14-4/h9,11H,5-8H2,1-4H3. The van der Waals surface area contributed by atoms with Gasteiger partial charge in [-0.15, -0.1) is 0 Å². The van der Waals surface area contributed by atoms with Crippen LogP contribution in [0.3, 0.4) is 0 Å². The molecule has 1 unspecified atom stereocenters. The van der Waals surface area contributed by atoms with Gasteiger partial charge in [0.1, 0.15) is 0 Å². The van der Waals surface area contributed by atoms with Crippen LogP contribution in [-0.4, -0.2) is 51.7 Å². The lowest BCUT2D eigenvalue weighted by Gasteiger charge is -2.21. The highest BCUT2D eigenvalue weighted by Gasteiger charge is 2.15. The Labute approximate surface area is 86.6 Å². The molecule has 84 valence electrons. The largest absolute Gasteiger partial charge is 0.385 e. The first kappa shape index (κ1) is 13.4. The number of amides is 1. The van der Waals surface area contributed by atoms with Gasteiger partial charge in [0, 0.05) is 39.8 Å². The molecule has 0 bridgehead atoms. The van der Waals surface area contributed by atoms with Gasteiger partial charge in [0.15, 0.2) is 0 Å². The van der Waals surface area contributed by atoms with Crippen molar-refractivity contribution in [2.45, 2.75) is 13.3 Å². The highest BCUT2D eigenvalue weighted by molar-refractivity contribution is 5.78. The van der Waals surface area contributed by atoms with Gasteiger partial charge in [-0.25, -0.2) is 0 Å². The van der Waals surface area contributed by atoms with E-state index in [0.29, 0.717) is 6.61 Å². The molecule has 4 nitrogen and oxygen atoms in total. The van der Waals surface area contributed by atoms with Crippen molar-refractivity contribution in [1.82, 2.24) is 10.2 Å². The van der Waals surface area contributed by atoms with Crippen LogP contribution in [0.4, 0.5) is 0 Å². The lowest BCUT2D eigenvalue weighted by molar-refractivity contribution is -0.133. The summed E-state index contributed by atoms with van der Waals surface area (Å²) in [6.07, 6.45) is 0.894. The lowest BCUT2D eigenvalue weighted by Crippen LogP contribution is -2.36. The van der Waals surface area contributed by atoms with Crippen molar-refractivity contribution in [2.75, 3.05) is 40.9 Å². The molecule has 0 radical (unpaired) electrons. The molecule has 1 N–H and O–H groups in total. The maximum atomic E-state index is 11.7. The summed E-state index contributed by atoms with van der Waals surface area (Å²) in [7, 11) is 5.37. The van der Waals surface area contributed by atoms with Crippen LogP contribution < -0.4 is 5.32 Å². The average Bonchev–Trinajstić information content (AvgIpc) is 2.17. The van der Waals surface area contributed by atoms with Gasteiger partial charge in [-0.05, 0) is 13.5 Å². The SMILES string of the molecule is CNCC(C)C(=O)N(C)CCCOC. The summed E-state index contributed by atoms with van der Waals surface area (Å²) in [4.78, 5) is 13.4. The number of methoxy groups -OCH3 is 1. The second kappa shape index (κ2) is 7.76. The van der Waals surface area contributed by atoms with E-state index in [9.17, 15) is 4.79 Å². The molecule has 0 aromatic rings. The zero-order valence-corrected chi connectivity index (χ0v) is 9.67. The van der Waals surface area contributed by atoms with E-state index in [1.807, 2.05) is 21.0 Å². The molecule has 0 rings (SSSR count). The van der Waals surface area contributed by atoms with E-state index >= 15 is 0 Å². The van der Waals surface area contributed by atoms with Crippen molar-refractivity contribution in [3.8, 4) is 0 Å². The minimum Gasteiger partial charge on any atom is -0.385 e. The third kappa shape index (κ3) is 5.19. The van der Waals surface area contributed by atoms with Crippen LogP contribution in [0, 0.1) is 5.92 Å². The third-order valence-corrected chi connectivity index (χ3v) is 2.15. The summed E-state index contributed by atoms with van der Waals surface area (Å²) < 4.78 is 4.93. The molecule has 4 heteroatoms. The molecule has 0 aromatic carbocycles. The summed E-state index contributed by atoms with van der Waals surface area (Å²) >= 11 is 0. The summed E-state index contributed by atoms with van der Waals surface area (Å²) in [5.74, 6) is 0.239. The zero-order valence-electron chi connectivity index (χ0n) is 9.67. The Morgan fingerprint density at radius 2 is 2.21 bits per heavy atom. The van der Waals surface area contributed by atoms with Crippen molar-refractivity contribution in [3.05, 3.63) is 0 Å². The number of carbonyl (C=O) groups excluding carboxylic acids is 1. The topological polar surface area (TPSA) is 41.6 Å². The van der Waals surface area contributed by atoms with Crippen LogP contribution in [0.25, 0.3) is 0 Å². The summed E-state index contributed by atoms with van der Waals surface area (Å²) in [6, 6.07) is 0. The first-order valence-corrected chi connectivity index (χ1v) is 5.02. The number of nitrogens with zero attached hydrogens (tertiary/aromatic N) is 1. The molecule has 0 aromatic heterocycles. The Balaban J connectivity index is 3.74. The van der Waals surface area contributed by atoms with Crippen molar-refractivity contribution >= 4 is 5.91 Å². The van der Waals surface area contributed by atoms with Crippen molar-refractivity contribution in [3.63, 3.8) is 0 Å². The fraction of sp³-hybridized carbons (Fsp3) is 0.900. The van der Waals surface area contributed by atoms with Crippen molar-refractivity contribution < 1.29 is 9.53 Å². The second-order valence-corrected chi connectivity index (χ2v) is 3.56. The van der Waals surface area contributed by atoms with Crippen LogP contribution in [0.1, 0.15) is 13.3 Å². The minimum atomic E-state index is 0.0487. The highest BCUT2D eigenvalue weighted by atomic mass is 16.5. The fourth-order valence-corrected chi connectivity index (χ4v) is 1.33. The Hall–Kier alpha value is -0.610. The van der Waals surface area contributed by atoms with E-state index in [2.05, 4.69) is 5.32 Å². The summed E-state index contributed by atoms with van der Waals surface area (Å²) in [6.45, 7) is 4.14. The third-order valence-electron chi connectivity index (χ3n) is 2.15. The first-order valence-electron chi connectivity index (χ1n) is 5.02. The highest BCUT2D eigenvalue weighted by Crippen LogP contribution is 2.00. The van der Waals surface area contributed by atoms with E-state index in [0.717, 1.165) is 19.5 Å². The molecule has 0 aliphatic heterocycles. The first-order chi connectivity index (χ1) is 6.63. The molecule has 0 aliphatic rings. The number of hydrogen-bond donors (Lipinski definition) is 1. The van der Waals surface area contributed by atoms with Crippen LogP contribution in [0.15, 0.2) is 0 Å². The number of rotatable bonds is 7. The fourth-order valence-electron chi connectivity index (χ4n) is 1.33. The quantitative estimate of drug-likeness (QED) is 0.605. The molecular weight excluding hydrogens is 180 g/mol. The van der Waals surface area contributed by atoms with Crippen molar-refractivity contribution in [1.29, 1.82) is 0 Å². The number of nitrogens with one attached hydrogen (secondary N) is 1. The molecule has 14 heavy (non-hydrogen) atoms. The normalized spacial score (nSPS) is 12.6. The summed E-state index contributed by atoms with van der Waals surface area (Å²) in [5, 5.41) is 3.00. The van der Waals surface area contributed by atoms with E-state index < -0.39 is 0 Å². The molecular formula is C10H22N2O2. The second-order valence-electron chi connectivity index (χ2n) is 3.56. The molecule has 1 amide bonds. The minimum absolute atomic E-state index is 0.0487. The summed E-state index contributed by atoms with van der Waals surface area (Å²) in [5.41, 5.74) is 0. The Bertz CT molecular complexity index is 162. The van der Waals surface area contributed by atoms with Gasteiger partial charge in [-0.2, -0.15) is 0 Å². The smallest absolute Gasteiger partial charge is 0.226 e. The van der Waals surface area contributed by atoms with Gasteiger partial charge < -0.3 is 15.0 Å². The Morgan fingerprint density at radius 1 is 1.57 bits per heavy atom. The van der Waals surface area contributed by atoms with Gasteiger partial charge in [0.25, 0.3) is 0 Å². The van der Waals surface area contributed by atoms with Crippen LogP contribution in [-0.2, 0) is 9.53 Å². The van der Waals surface area contributed by atoms with E-state index in [1.165, 1.54) is 0 Å². The van der Waals surface area contributed by atoms with Crippen LogP contribution in [0.2, 0.25) is 0 Å². The maximum absolute atomic E-state index is 11.7. The molecule has 1 atom stereocenters. The van der Waals surface area contributed by atoms with Gasteiger partial charge in [-0.1, -0.05) is 6.92 Å². The van der Waals surface area contributed by atoms with Crippen LogP contribution >= 0.6 is 0 Å². The van der Waals surface area contributed by atoms with Crippen molar-refractivity contribution in [2.24, 2.45) is 5.92 Å². The lowest BCUT2D eigenvalue weighted by atomic mass is 10.1. The molecule has 0 spiro atoms. The molecule has 0 saturated carbocycles. The molecule has 0 saturated heterocycles. The predicted octanol–water partition coefficient (Wildman–Crippen LogP) is 0.337. The van der Waals surface area contributed by atoms with Gasteiger partial charge >= 0.3 is 0 Å². The van der Waals surface area contributed by atoms with Gasteiger partial charge in [0.05, 0.1) is 0 Å². The molecule has 0 fully saturated rings. The Morgan fingerprint density at radius 3 is 2.71 bits per heavy atom. The number of carbonyl (C=O) groups is 1. The number of ether oxygens (including phenoxy) is 1. The Kier molecular flexibility index (Phi) is 7.42. The zero-order chi connectivity index (χ0) is 11.0. The van der Waals surface area contributed by atoms with Gasteiger partial charge in [0.2, 0.25) is 5.91 Å².